The van der Waals surface area contributed by atoms with Crippen LogP contribution in [0.1, 0.15) is 10.4 Å². The Morgan fingerprint density at radius 1 is 1.13 bits per heavy atom. The molecule has 1 aliphatic heterocycles. The first-order chi connectivity index (χ1) is 14.1. The number of amides is 1. The zero-order chi connectivity index (χ0) is 21.9. The van der Waals surface area contributed by atoms with Crippen molar-refractivity contribution in [2.75, 3.05) is 25.1 Å². The van der Waals surface area contributed by atoms with Crippen molar-refractivity contribution in [1.29, 1.82) is 0 Å². The summed E-state index contributed by atoms with van der Waals surface area (Å²) in [7, 11) is -3.87. The zero-order valence-electron chi connectivity index (χ0n) is 15.2. The summed E-state index contributed by atoms with van der Waals surface area (Å²) in [6.45, 7) is -0.306. The fourth-order valence-corrected chi connectivity index (χ4v) is 3.04. The molecule has 2 aromatic carbocycles. The van der Waals surface area contributed by atoms with Crippen molar-refractivity contribution in [3.8, 4) is 11.5 Å². The minimum Gasteiger partial charge on any atom is -0.486 e. The highest BCUT2D eigenvalue weighted by Crippen LogP contribution is 2.36. The van der Waals surface area contributed by atoms with Crippen LogP contribution in [0.25, 0.3) is 0 Å². The van der Waals surface area contributed by atoms with Gasteiger partial charge in [-0.15, -0.1) is 0 Å². The van der Waals surface area contributed by atoms with Gasteiger partial charge in [0.25, 0.3) is 11.6 Å². The molecule has 3 N–H and O–H groups in total. The third-order valence-electron chi connectivity index (χ3n) is 3.88. The van der Waals surface area contributed by atoms with Crippen molar-refractivity contribution >= 4 is 33.3 Å². The Labute approximate surface area is 169 Å². The van der Waals surface area contributed by atoms with Gasteiger partial charge >= 0.3 is 5.97 Å². The lowest BCUT2D eigenvalue weighted by atomic mass is 10.1. The van der Waals surface area contributed by atoms with Crippen LogP contribution in [0.4, 0.5) is 11.4 Å². The maximum absolute atomic E-state index is 12.3. The molecule has 158 valence electrons. The van der Waals surface area contributed by atoms with Gasteiger partial charge in [0.1, 0.15) is 18.8 Å². The average molecular weight is 437 g/mol. The van der Waals surface area contributed by atoms with Crippen LogP contribution in [0.5, 0.6) is 11.5 Å². The smallest absolute Gasteiger partial charge is 0.345 e. The molecule has 0 radical (unpaired) electrons. The van der Waals surface area contributed by atoms with E-state index in [-0.39, 0.29) is 35.3 Å². The van der Waals surface area contributed by atoms with Crippen LogP contribution in [0, 0.1) is 10.1 Å². The van der Waals surface area contributed by atoms with Gasteiger partial charge in [0.05, 0.1) is 15.9 Å². The van der Waals surface area contributed by atoms with E-state index in [4.69, 9.17) is 19.3 Å². The largest absolute Gasteiger partial charge is 0.486 e. The quantitative estimate of drug-likeness (QED) is 0.376. The van der Waals surface area contributed by atoms with Gasteiger partial charge in [-0.2, -0.15) is 0 Å². The molecule has 0 saturated carbocycles. The number of hydrogen-bond donors (Lipinski definition) is 2. The molecule has 0 aromatic heterocycles. The number of esters is 1. The van der Waals surface area contributed by atoms with Gasteiger partial charge < -0.3 is 19.5 Å². The maximum atomic E-state index is 12.3. The highest BCUT2D eigenvalue weighted by Gasteiger charge is 2.27. The first kappa shape index (κ1) is 21.0. The Morgan fingerprint density at radius 2 is 1.73 bits per heavy atom. The van der Waals surface area contributed by atoms with E-state index in [0.717, 1.165) is 12.1 Å². The Morgan fingerprint density at radius 3 is 2.30 bits per heavy atom. The van der Waals surface area contributed by atoms with Gasteiger partial charge in [-0.3, -0.25) is 14.9 Å². The van der Waals surface area contributed by atoms with E-state index >= 15 is 0 Å². The summed E-state index contributed by atoms with van der Waals surface area (Å²) in [5, 5.41) is 18.6. The Hall–Kier alpha value is -3.71. The second kappa shape index (κ2) is 8.34. The Bertz CT molecular complexity index is 1110. The summed E-state index contributed by atoms with van der Waals surface area (Å²) < 4.78 is 37.8. The SMILES string of the molecule is NS(=O)(=O)c1ccc(NC(=O)COC(=O)c2cc3c(cc2[N+](=O)[O-])OCCO3)cc1. The molecule has 0 unspecified atom stereocenters. The molecule has 0 spiro atoms. The molecule has 0 aliphatic carbocycles. The number of primary sulfonamides is 1. The molecular weight excluding hydrogens is 422 g/mol. The number of ether oxygens (including phenoxy) is 3. The number of anilines is 1. The fourth-order valence-electron chi connectivity index (χ4n) is 2.53. The number of nitrogens with two attached hydrogens (primary N) is 1. The van der Waals surface area contributed by atoms with E-state index in [0.29, 0.717) is 0 Å². The van der Waals surface area contributed by atoms with Crippen LogP contribution in [0.2, 0.25) is 0 Å². The molecule has 3 rings (SSSR count). The van der Waals surface area contributed by atoms with E-state index in [1.54, 1.807) is 0 Å². The Balaban J connectivity index is 1.66. The molecule has 0 saturated heterocycles. The highest BCUT2D eigenvalue weighted by atomic mass is 32.2. The van der Waals surface area contributed by atoms with Crippen molar-refractivity contribution in [3.63, 3.8) is 0 Å². The van der Waals surface area contributed by atoms with Crippen molar-refractivity contribution in [2.45, 2.75) is 4.90 Å². The fraction of sp³-hybridized carbons (Fsp3) is 0.176. The van der Waals surface area contributed by atoms with E-state index in [1.165, 1.54) is 24.3 Å². The lowest BCUT2D eigenvalue weighted by Crippen LogP contribution is -2.22. The molecule has 0 bridgehead atoms. The monoisotopic (exact) mass is 437 g/mol. The second-order valence-corrected chi connectivity index (χ2v) is 7.53. The van der Waals surface area contributed by atoms with Crippen LogP contribution in [0.3, 0.4) is 0 Å². The number of rotatable bonds is 6. The van der Waals surface area contributed by atoms with Gasteiger partial charge in [-0.25, -0.2) is 18.4 Å². The van der Waals surface area contributed by atoms with Crippen LogP contribution >= 0.6 is 0 Å². The Kier molecular flexibility index (Phi) is 5.84. The first-order valence-electron chi connectivity index (χ1n) is 8.33. The highest BCUT2D eigenvalue weighted by molar-refractivity contribution is 7.89. The maximum Gasteiger partial charge on any atom is 0.345 e. The van der Waals surface area contributed by atoms with Gasteiger partial charge in [-0.05, 0) is 24.3 Å². The minimum atomic E-state index is -3.87. The summed E-state index contributed by atoms with van der Waals surface area (Å²) in [5.41, 5.74) is -0.716. The predicted octanol–water partition coefficient (Wildman–Crippen LogP) is 0.809. The topological polar surface area (TPSA) is 177 Å². The number of nitrogens with zero attached hydrogens (tertiary/aromatic N) is 1. The normalized spacial score (nSPS) is 12.7. The summed E-state index contributed by atoms with van der Waals surface area (Å²) >= 11 is 0. The number of benzene rings is 2. The molecule has 0 atom stereocenters. The minimum absolute atomic E-state index is 0.130. The van der Waals surface area contributed by atoms with Crippen LogP contribution < -0.4 is 19.9 Å². The number of nitrogens with one attached hydrogen (secondary N) is 1. The summed E-state index contributed by atoms with van der Waals surface area (Å²) in [4.78, 5) is 34.6. The van der Waals surface area contributed by atoms with E-state index in [1.807, 2.05) is 0 Å². The number of nitro groups is 1. The number of fused-ring (bicyclic) bond motifs is 1. The number of carbonyl (C=O) groups excluding carboxylic acids is 2. The van der Waals surface area contributed by atoms with Gasteiger partial charge in [0.2, 0.25) is 10.0 Å². The first-order valence-corrected chi connectivity index (χ1v) is 9.87. The molecule has 1 aliphatic rings. The molecule has 12 nitrogen and oxygen atoms in total. The molecule has 0 fully saturated rings. The number of nitro benzene ring substituents is 1. The number of sulfonamides is 1. The lowest BCUT2D eigenvalue weighted by Gasteiger charge is -2.18. The predicted molar refractivity (Wildman–Crippen MR) is 101 cm³/mol. The lowest BCUT2D eigenvalue weighted by molar-refractivity contribution is -0.385. The van der Waals surface area contributed by atoms with Crippen molar-refractivity contribution < 1.29 is 37.1 Å². The molecule has 1 heterocycles. The second-order valence-electron chi connectivity index (χ2n) is 5.96. The van der Waals surface area contributed by atoms with Crippen LogP contribution in [-0.2, 0) is 19.6 Å². The third kappa shape index (κ3) is 4.82. The van der Waals surface area contributed by atoms with E-state index in [9.17, 15) is 28.1 Å². The molecule has 1 amide bonds. The molecule has 30 heavy (non-hydrogen) atoms. The average Bonchev–Trinajstić information content (AvgIpc) is 2.70. The summed E-state index contributed by atoms with van der Waals surface area (Å²) in [5.74, 6) is -1.56. The molecule has 2 aromatic rings. The van der Waals surface area contributed by atoms with Gasteiger partial charge in [0, 0.05) is 11.8 Å². The number of hydrogen-bond acceptors (Lipinski definition) is 9. The van der Waals surface area contributed by atoms with Gasteiger partial charge in [0.15, 0.2) is 18.1 Å². The molecule has 13 heteroatoms. The van der Waals surface area contributed by atoms with Crippen LogP contribution in [0.15, 0.2) is 41.3 Å². The molecular formula is C17H15N3O9S. The van der Waals surface area contributed by atoms with E-state index in [2.05, 4.69) is 5.32 Å². The van der Waals surface area contributed by atoms with Gasteiger partial charge in [-0.1, -0.05) is 0 Å². The van der Waals surface area contributed by atoms with E-state index < -0.39 is 44.7 Å². The zero-order valence-corrected chi connectivity index (χ0v) is 16.0. The standard InChI is InChI=1S/C17H15N3O9S/c18-30(25,26)11-3-1-10(2-4-11)19-16(21)9-29-17(22)12-7-14-15(28-6-5-27-14)8-13(12)20(23)24/h1-4,7-8H,5-6,9H2,(H,19,21)(H2,18,25,26). The summed E-state index contributed by atoms with van der Waals surface area (Å²) in [6.07, 6.45) is 0. The number of carbonyl (C=O) groups is 2. The van der Waals surface area contributed by atoms with Crippen molar-refractivity contribution in [2.24, 2.45) is 5.14 Å². The summed E-state index contributed by atoms with van der Waals surface area (Å²) in [6, 6.07) is 7.15. The van der Waals surface area contributed by atoms with Crippen molar-refractivity contribution in [1.82, 2.24) is 0 Å². The van der Waals surface area contributed by atoms with Crippen molar-refractivity contribution in [3.05, 3.63) is 52.1 Å². The third-order valence-corrected chi connectivity index (χ3v) is 4.81. The van der Waals surface area contributed by atoms with Crippen LogP contribution in [-0.4, -0.2) is 45.0 Å².